The monoisotopic (exact) mass is 244 g/mol. The number of amides is 1. The Bertz CT molecular complexity index is 480. The SMILES string of the molecule is CN(CC(=O)NCc1ccco1)c1ccccc1. The summed E-state index contributed by atoms with van der Waals surface area (Å²) in [5, 5.41) is 2.81. The Morgan fingerprint density at radius 1 is 1.22 bits per heavy atom. The average Bonchev–Trinajstić information content (AvgIpc) is 2.90. The Morgan fingerprint density at radius 2 is 2.00 bits per heavy atom. The van der Waals surface area contributed by atoms with E-state index in [2.05, 4.69) is 5.32 Å². The maximum absolute atomic E-state index is 11.7. The van der Waals surface area contributed by atoms with E-state index in [1.54, 1.807) is 12.3 Å². The van der Waals surface area contributed by atoms with E-state index in [0.29, 0.717) is 13.1 Å². The highest BCUT2D eigenvalue weighted by Gasteiger charge is 2.07. The lowest BCUT2D eigenvalue weighted by molar-refractivity contribution is -0.119. The van der Waals surface area contributed by atoms with E-state index in [4.69, 9.17) is 4.42 Å². The van der Waals surface area contributed by atoms with Crippen LogP contribution in [-0.4, -0.2) is 19.5 Å². The van der Waals surface area contributed by atoms with Gasteiger partial charge >= 0.3 is 0 Å². The van der Waals surface area contributed by atoms with E-state index >= 15 is 0 Å². The lowest BCUT2D eigenvalue weighted by Crippen LogP contribution is -2.34. The first-order chi connectivity index (χ1) is 8.75. The zero-order valence-corrected chi connectivity index (χ0v) is 10.3. The van der Waals surface area contributed by atoms with Crippen molar-refractivity contribution >= 4 is 11.6 Å². The molecule has 18 heavy (non-hydrogen) atoms. The highest BCUT2D eigenvalue weighted by Crippen LogP contribution is 2.10. The second-order valence-electron chi connectivity index (χ2n) is 4.05. The van der Waals surface area contributed by atoms with Crippen LogP contribution in [0, 0.1) is 0 Å². The molecule has 0 fully saturated rings. The summed E-state index contributed by atoms with van der Waals surface area (Å²) in [4.78, 5) is 13.6. The second kappa shape index (κ2) is 5.91. The predicted molar refractivity (Wildman–Crippen MR) is 70.3 cm³/mol. The average molecular weight is 244 g/mol. The smallest absolute Gasteiger partial charge is 0.239 e. The van der Waals surface area contributed by atoms with Crippen LogP contribution < -0.4 is 10.2 Å². The van der Waals surface area contributed by atoms with Gasteiger partial charge in [-0.2, -0.15) is 0 Å². The van der Waals surface area contributed by atoms with Gasteiger partial charge in [-0.25, -0.2) is 0 Å². The molecule has 1 aromatic carbocycles. The van der Waals surface area contributed by atoms with Crippen molar-refractivity contribution < 1.29 is 9.21 Å². The van der Waals surface area contributed by atoms with E-state index in [-0.39, 0.29) is 5.91 Å². The second-order valence-corrected chi connectivity index (χ2v) is 4.05. The highest BCUT2D eigenvalue weighted by molar-refractivity contribution is 5.81. The lowest BCUT2D eigenvalue weighted by Gasteiger charge is -2.18. The first kappa shape index (κ1) is 12.2. The first-order valence-corrected chi connectivity index (χ1v) is 5.81. The van der Waals surface area contributed by atoms with E-state index < -0.39 is 0 Å². The van der Waals surface area contributed by atoms with Crippen molar-refractivity contribution in [2.24, 2.45) is 0 Å². The van der Waals surface area contributed by atoms with Gasteiger partial charge in [0.05, 0.1) is 19.4 Å². The molecule has 0 radical (unpaired) electrons. The molecule has 1 N–H and O–H groups in total. The van der Waals surface area contributed by atoms with E-state index in [0.717, 1.165) is 11.4 Å². The third kappa shape index (κ3) is 3.38. The number of rotatable bonds is 5. The molecule has 2 rings (SSSR count). The maximum Gasteiger partial charge on any atom is 0.239 e. The van der Waals surface area contributed by atoms with Crippen molar-refractivity contribution in [2.75, 3.05) is 18.5 Å². The molecule has 0 saturated carbocycles. The van der Waals surface area contributed by atoms with Crippen LogP contribution in [0.3, 0.4) is 0 Å². The zero-order chi connectivity index (χ0) is 12.8. The molecule has 1 heterocycles. The van der Waals surface area contributed by atoms with Crippen LogP contribution >= 0.6 is 0 Å². The van der Waals surface area contributed by atoms with Gasteiger partial charge in [0, 0.05) is 12.7 Å². The Kier molecular flexibility index (Phi) is 4.02. The molecule has 94 valence electrons. The third-order valence-electron chi connectivity index (χ3n) is 2.62. The number of nitrogens with zero attached hydrogens (tertiary/aromatic N) is 1. The molecule has 0 saturated heterocycles. The fraction of sp³-hybridized carbons (Fsp3) is 0.214. The number of para-hydroxylation sites is 1. The molecule has 0 aliphatic heterocycles. The number of hydrogen-bond acceptors (Lipinski definition) is 3. The largest absolute Gasteiger partial charge is 0.467 e. The molecule has 0 spiro atoms. The Labute approximate surface area is 106 Å². The standard InChI is InChI=1S/C14H16N2O2/c1-16(12-6-3-2-4-7-12)11-14(17)15-10-13-8-5-9-18-13/h2-9H,10-11H2,1H3,(H,15,17). The predicted octanol–water partition coefficient (Wildman–Crippen LogP) is 2.03. The molecular formula is C14H16N2O2. The minimum Gasteiger partial charge on any atom is -0.467 e. The Hall–Kier alpha value is -2.23. The van der Waals surface area contributed by atoms with Crippen LogP contribution in [0.5, 0.6) is 0 Å². The number of carbonyl (C=O) groups is 1. The molecule has 0 aliphatic carbocycles. The Morgan fingerprint density at radius 3 is 2.67 bits per heavy atom. The fourth-order valence-corrected chi connectivity index (χ4v) is 1.64. The number of likely N-dealkylation sites (N-methyl/N-ethyl adjacent to an activating group) is 1. The van der Waals surface area contributed by atoms with Gasteiger partial charge in [-0.15, -0.1) is 0 Å². The van der Waals surface area contributed by atoms with Crippen molar-refractivity contribution in [3.63, 3.8) is 0 Å². The molecule has 4 heteroatoms. The van der Waals surface area contributed by atoms with Gasteiger partial charge in [0.2, 0.25) is 5.91 Å². The van der Waals surface area contributed by atoms with Gasteiger partial charge in [0.25, 0.3) is 0 Å². The molecule has 1 aromatic heterocycles. The van der Waals surface area contributed by atoms with E-state index in [9.17, 15) is 4.79 Å². The minimum absolute atomic E-state index is 0.0299. The van der Waals surface area contributed by atoms with Gasteiger partial charge in [-0.1, -0.05) is 18.2 Å². The van der Waals surface area contributed by atoms with Crippen molar-refractivity contribution in [1.29, 1.82) is 0 Å². The van der Waals surface area contributed by atoms with Crippen LogP contribution in [-0.2, 0) is 11.3 Å². The summed E-state index contributed by atoms with van der Waals surface area (Å²) in [5.74, 6) is 0.725. The fourth-order valence-electron chi connectivity index (χ4n) is 1.64. The molecule has 0 unspecified atom stereocenters. The Balaban J connectivity index is 1.80. The van der Waals surface area contributed by atoms with Gasteiger partial charge in [-0.3, -0.25) is 4.79 Å². The summed E-state index contributed by atoms with van der Waals surface area (Å²) < 4.78 is 5.15. The number of benzene rings is 1. The quantitative estimate of drug-likeness (QED) is 0.875. The molecule has 2 aromatic rings. The topological polar surface area (TPSA) is 45.5 Å². The molecule has 4 nitrogen and oxygen atoms in total. The summed E-state index contributed by atoms with van der Waals surface area (Å²) >= 11 is 0. The minimum atomic E-state index is -0.0299. The van der Waals surface area contributed by atoms with Crippen LogP contribution in [0.25, 0.3) is 0 Å². The number of furan rings is 1. The number of nitrogens with one attached hydrogen (secondary N) is 1. The number of carbonyl (C=O) groups excluding carboxylic acids is 1. The van der Waals surface area contributed by atoms with Crippen molar-refractivity contribution in [2.45, 2.75) is 6.54 Å². The first-order valence-electron chi connectivity index (χ1n) is 5.81. The number of hydrogen-bond donors (Lipinski definition) is 1. The lowest BCUT2D eigenvalue weighted by atomic mass is 10.3. The molecule has 0 atom stereocenters. The summed E-state index contributed by atoms with van der Waals surface area (Å²) in [6, 6.07) is 13.4. The molecule has 0 aliphatic rings. The van der Waals surface area contributed by atoms with Crippen molar-refractivity contribution in [3.8, 4) is 0 Å². The third-order valence-corrected chi connectivity index (χ3v) is 2.62. The molecular weight excluding hydrogens is 228 g/mol. The van der Waals surface area contributed by atoms with E-state index in [1.807, 2.05) is 48.3 Å². The van der Waals surface area contributed by atoms with Crippen LogP contribution in [0.4, 0.5) is 5.69 Å². The number of anilines is 1. The van der Waals surface area contributed by atoms with Gasteiger partial charge in [0.15, 0.2) is 0 Å². The van der Waals surface area contributed by atoms with Gasteiger partial charge < -0.3 is 14.6 Å². The highest BCUT2D eigenvalue weighted by atomic mass is 16.3. The van der Waals surface area contributed by atoms with Crippen LogP contribution in [0.15, 0.2) is 53.1 Å². The van der Waals surface area contributed by atoms with E-state index in [1.165, 1.54) is 0 Å². The zero-order valence-electron chi connectivity index (χ0n) is 10.3. The van der Waals surface area contributed by atoms with Gasteiger partial charge in [0.1, 0.15) is 5.76 Å². The van der Waals surface area contributed by atoms with Crippen LogP contribution in [0.1, 0.15) is 5.76 Å². The summed E-state index contributed by atoms with van der Waals surface area (Å²) in [5.41, 5.74) is 1.02. The van der Waals surface area contributed by atoms with Crippen molar-refractivity contribution in [1.82, 2.24) is 5.32 Å². The summed E-state index contributed by atoms with van der Waals surface area (Å²) in [6.07, 6.45) is 1.59. The van der Waals surface area contributed by atoms with Crippen LogP contribution in [0.2, 0.25) is 0 Å². The normalized spacial score (nSPS) is 10.1. The van der Waals surface area contributed by atoms with Crippen molar-refractivity contribution in [3.05, 3.63) is 54.5 Å². The molecule has 1 amide bonds. The molecule has 0 bridgehead atoms. The summed E-state index contributed by atoms with van der Waals surface area (Å²) in [6.45, 7) is 0.749. The maximum atomic E-state index is 11.7. The van der Waals surface area contributed by atoms with Gasteiger partial charge in [-0.05, 0) is 24.3 Å². The summed E-state index contributed by atoms with van der Waals surface area (Å²) in [7, 11) is 1.89.